The molecule has 1 aromatic carbocycles. The monoisotopic (exact) mass is 314 g/mol. The predicted molar refractivity (Wildman–Crippen MR) is 84.6 cm³/mol. The third-order valence-corrected chi connectivity index (χ3v) is 4.33. The van der Waals surface area contributed by atoms with Crippen LogP contribution in [0.1, 0.15) is 52.7 Å². The maximum atomic E-state index is 12.5. The molecule has 1 aromatic rings. The van der Waals surface area contributed by atoms with Gasteiger partial charge in [0.2, 0.25) is 11.6 Å². The van der Waals surface area contributed by atoms with E-state index in [0.717, 1.165) is 16.7 Å². The molecule has 5 heteroatoms. The third kappa shape index (κ3) is 2.08. The SMILES string of the molecule is COC(OC)c1cc(C)c2c3c1C(C)=COC3=C(C)C(=O)C2=O. The minimum atomic E-state index is -0.565. The number of ether oxygens (including phenoxy) is 3. The van der Waals surface area contributed by atoms with Crippen molar-refractivity contribution < 1.29 is 23.8 Å². The standard InChI is InChI=1S/C18H18O5/c1-8-6-11(18(21-4)22-5)12-9(2)7-23-17-10(3)15(19)16(20)13(8)14(12)17/h6-7,18H,1-5H3. The van der Waals surface area contributed by atoms with Crippen molar-refractivity contribution in [3.8, 4) is 0 Å². The first-order chi connectivity index (χ1) is 10.9. The molecule has 0 aromatic heterocycles. The van der Waals surface area contributed by atoms with E-state index in [9.17, 15) is 9.59 Å². The number of rotatable bonds is 3. The van der Waals surface area contributed by atoms with Gasteiger partial charge >= 0.3 is 0 Å². The van der Waals surface area contributed by atoms with E-state index in [1.54, 1.807) is 34.3 Å². The summed E-state index contributed by atoms with van der Waals surface area (Å²) in [7, 11) is 3.12. The van der Waals surface area contributed by atoms with Crippen LogP contribution in [0.5, 0.6) is 0 Å². The van der Waals surface area contributed by atoms with E-state index >= 15 is 0 Å². The van der Waals surface area contributed by atoms with Crippen LogP contribution in [-0.2, 0) is 19.0 Å². The fraction of sp³-hybridized carbons (Fsp3) is 0.333. The second-order valence-corrected chi connectivity index (χ2v) is 5.74. The zero-order valence-corrected chi connectivity index (χ0v) is 13.8. The quantitative estimate of drug-likeness (QED) is 0.633. The van der Waals surface area contributed by atoms with E-state index in [2.05, 4.69) is 0 Å². The second-order valence-electron chi connectivity index (χ2n) is 5.74. The first-order valence-corrected chi connectivity index (χ1v) is 7.29. The van der Waals surface area contributed by atoms with Crippen LogP contribution in [0.3, 0.4) is 0 Å². The van der Waals surface area contributed by atoms with Crippen LogP contribution < -0.4 is 0 Å². The highest BCUT2D eigenvalue weighted by Crippen LogP contribution is 2.44. The summed E-state index contributed by atoms with van der Waals surface area (Å²) in [6.07, 6.45) is 1.03. The Bertz CT molecular complexity index is 794. The van der Waals surface area contributed by atoms with Gasteiger partial charge in [-0.15, -0.1) is 0 Å². The van der Waals surface area contributed by atoms with E-state index in [1.807, 2.05) is 13.0 Å². The van der Waals surface area contributed by atoms with Crippen molar-refractivity contribution in [1.29, 1.82) is 0 Å². The van der Waals surface area contributed by atoms with Gasteiger partial charge in [-0.2, -0.15) is 0 Å². The summed E-state index contributed by atoms with van der Waals surface area (Å²) >= 11 is 0. The second kappa shape index (κ2) is 5.44. The molecule has 120 valence electrons. The number of methoxy groups -OCH3 is 2. The Morgan fingerprint density at radius 2 is 1.61 bits per heavy atom. The van der Waals surface area contributed by atoms with E-state index in [4.69, 9.17) is 14.2 Å². The minimum Gasteiger partial charge on any atom is -0.464 e. The molecule has 0 bridgehead atoms. The molecule has 0 atom stereocenters. The van der Waals surface area contributed by atoms with Gasteiger partial charge in [0.25, 0.3) is 0 Å². The van der Waals surface area contributed by atoms with E-state index in [1.165, 1.54) is 0 Å². The summed E-state index contributed by atoms with van der Waals surface area (Å²) in [5, 5.41) is 0. The molecule has 1 aliphatic heterocycles. The van der Waals surface area contributed by atoms with Gasteiger partial charge in [0, 0.05) is 42.0 Å². The maximum absolute atomic E-state index is 12.5. The topological polar surface area (TPSA) is 61.8 Å². The van der Waals surface area contributed by atoms with Crippen LogP contribution in [0, 0.1) is 6.92 Å². The van der Waals surface area contributed by atoms with E-state index in [0.29, 0.717) is 28.0 Å². The lowest BCUT2D eigenvalue weighted by Crippen LogP contribution is -2.27. The smallest absolute Gasteiger partial charge is 0.234 e. The Balaban J connectivity index is 2.44. The molecule has 2 aliphatic rings. The molecule has 5 nitrogen and oxygen atoms in total. The summed E-state index contributed by atoms with van der Waals surface area (Å²) in [4.78, 5) is 24.7. The van der Waals surface area contributed by atoms with Crippen LogP contribution in [0.15, 0.2) is 17.9 Å². The van der Waals surface area contributed by atoms with Crippen molar-refractivity contribution in [1.82, 2.24) is 0 Å². The highest BCUT2D eigenvalue weighted by molar-refractivity contribution is 6.52. The summed E-state index contributed by atoms with van der Waals surface area (Å²) in [5.74, 6) is -0.561. The Morgan fingerprint density at radius 1 is 0.957 bits per heavy atom. The normalized spacial score (nSPS) is 16.5. The Kier molecular flexibility index (Phi) is 3.70. The number of benzene rings is 1. The molecule has 3 rings (SSSR count). The van der Waals surface area contributed by atoms with Gasteiger partial charge in [-0.3, -0.25) is 9.59 Å². The lowest BCUT2D eigenvalue weighted by molar-refractivity contribution is -0.111. The highest BCUT2D eigenvalue weighted by atomic mass is 16.7. The van der Waals surface area contributed by atoms with E-state index in [-0.39, 0.29) is 0 Å². The third-order valence-electron chi connectivity index (χ3n) is 4.33. The molecule has 0 fully saturated rings. The molecule has 0 spiro atoms. The van der Waals surface area contributed by atoms with Gasteiger partial charge in [0.05, 0.1) is 6.26 Å². The van der Waals surface area contributed by atoms with Crippen molar-refractivity contribution in [2.45, 2.75) is 27.1 Å². The number of Topliss-reactive ketones (excluding diaryl/α,β-unsaturated/α-hetero) is 2. The predicted octanol–water partition coefficient (Wildman–Crippen LogP) is 3.17. The van der Waals surface area contributed by atoms with Crippen molar-refractivity contribution in [3.63, 3.8) is 0 Å². The van der Waals surface area contributed by atoms with Gasteiger partial charge in [0.15, 0.2) is 6.29 Å². The minimum absolute atomic E-state index is 0.329. The zero-order valence-electron chi connectivity index (χ0n) is 13.8. The van der Waals surface area contributed by atoms with Crippen molar-refractivity contribution in [2.75, 3.05) is 14.2 Å². The molecule has 1 heterocycles. The van der Waals surface area contributed by atoms with Gasteiger partial charge in [0.1, 0.15) is 5.76 Å². The number of carbonyl (C=O) groups excluding carboxylic acids is 2. The molecule has 0 saturated heterocycles. The maximum Gasteiger partial charge on any atom is 0.234 e. The molecular weight excluding hydrogens is 296 g/mol. The Labute approximate surface area is 134 Å². The number of allylic oxidation sites excluding steroid dienone is 2. The molecule has 23 heavy (non-hydrogen) atoms. The summed E-state index contributed by atoms with van der Waals surface area (Å²) in [6, 6.07) is 1.85. The molecule has 0 radical (unpaired) electrons. The molecule has 1 aliphatic carbocycles. The van der Waals surface area contributed by atoms with Crippen LogP contribution in [0.2, 0.25) is 0 Å². The molecule has 0 amide bonds. The number of ketones is 2. The number of aryl methyl sites for hydroxylation is 1. The van der Waals surface area contributed by atoms with Crippen molar-refractivity contribution in [3.05, 3.63) is 45.7 Å². The van der Waals surface area contributed by atoms with Crippen molar-refractivity contribution >= 4 is 22.9 Å². The van der Waals surface area contributed by atoms with Gasteiger partial charge < -0.3 is 14.2 Å². The van der Waals surface area contributed by atoms with Gasteiger partial charge in [-0.05, 0) is 38.0 Å². The van der Waals surface area contributed by atoms with Crippen molar-refractivity contribution in [2.24, 2.45) is 0 Å². The lowest BCUT2D eigenvalue weighted by atomic mass is 9.79. The van der Waals surface area contributed by atoms with Crippen LogP contribution in [0.4, 0.5) is 0 Å². The van der Waals surface area contributed by atoms with Crippen LogP contribution >= 0.6 is 0 Å². The first-order valence-electron chi connectivity index (χ1n) is 7.29. The van der Waals surface area contributed by atoms with Gasteiger partial charge in [-0.1, -0.05) is 0 Å². The summed E-state index contributed by atoms with van der Waals surface area (Å²) in [6.45, 7) is 5.31. The Hall–Kier alpha value is -2.24. The molecule has 0 N–H and O–H groups in total. The van der Waals surface area contributed by atoms with Crippen LogP contribution in [-0.4, -0.2) is 25.8 Å². The first kappa shape index (κ1) is 15.6. The van der Waals surface area contributed by atoms with E-state index < -0.39 is 17.9 Å². The summed E-state index contributed by atoms with van der Waals surface area (Å²) < 4.78 is 16.4. The average molecular weight is 314 g/mol. The average Bonchev–Trinajstić information content (AvgIpc) is 2.53. The van der Waals surface area contributed by atoms with Crippen LogP contribution in [0.25, 0.3) is 11.3 Å². The number of carbonyl (C=O) groups is 2. The summed E-state index contributed by atoms with van der Waals surface area (Å²) in [5.41, 5.74) is 4.62. The van der Waals surface area contributed by atoms with Gasteiger partial charge in [-0.25, -0.2) is 0 Å². The zero-order chi connectivity index (χ0) is 16.9. The Morgan fingerprint density at radius 3 is 2.22 bits per heavy atom. The molecule has 0 unspecified atom stereocenters. The molecule has 0 saturated carbocycles. The highest BCUT2D eigenvalue weighted by Gasteiger charge is 2.38. The number of hydrogen-bond donors (Lipinski definition) is 0. The number of hydrogen-bond acceptors (Lipinski definition) is 5. The fourth-order valence-electron chi connectivity index (χ4n) is 3.25. The lowest BCUT2D eigenvalue weighted by Gasteiger charge is -2.30. The fourth-order valence-corrected chi connectivity index (χ4v) is 3.25. The molecular formula is C18H18O5. The largest absolute Gasteiger partial charge is 0.464 e.